The molecule has 3 rings (SSSR count). The van der Waals surface area contributed by atoms with Crippen LogP contribution in [0.3, 0.4) is 0 Å². The molecule has 0 spiro atoms. The number of nitrogens with one attached hydrogen (secondary N) is 1. The van der Waals surface area contributed by atoms with Crippen molar-refractivity contribution < 1.29 is 0 Å². The lowest BCUT2D eigenvalue weighted by Crippen LogP contribution is -2.34. The van der Waals surface area contributed by atoms with Crippen LogP contribution in [0, 0.1) is 0 Å². The summed E-state index contributed by atoms with van der Waals surface area (Å²) in [4.78, 5) is 19.3. The zero-order valence-corrected chi connectivity index (χ0v) is 10.2. The third-order valence-corrected chi connectivity index (χ3v) is 3.01. The molecule has 16 heavy (non-hydrogen) atoms. The predicted molar refractivity (Wildman–Crippen MR) is 67.2 cm³/mol. The van der Waals surface area contributed by atoms with E-state index in [0.29, 0.717) is 5.95 Å². The van der Waals surface area contributed by atoms with E-state index in [1.165, 1.54) is 0 Å². The molecule has 1 N–H and O–H groups in total. The van der Waals surface area contributed by atoms with E-state index in [1.54, 1.807) is 13.2 Å². The molecule has 1 aromatic heterocycles. The Hall–Kier alpha value is -1.50. The molecule has 0 fully saturated rings. The van der Waals surface area contributed by atoms with Crippen LogP contribution in [-0.2, 0) is 0 Å². The van der Waals surface area contributed by atoms with E-state index in [2.05, 4.69) is 46.1 Å². The first-order valence-corrected chi connectivity index (χ1v) is 5.70. The molecule has 0 aliphatic carbocycles. The van der Waals surface area contributed by atoms with Crippen molar-refractivity contribution in [1.82, 2.24) is 9.97 Å². The SMILES string of the molecule is CNc1ncc2c(n1)N1CCN=C1C(Br)=N2. The Kier molecular flexibility index (Phi) is 2.13. The van der Waals surface area contributed by atoms with Crippen molar-refractivity contribution >= 4 is 43.8 Å². The van der Waals surface area contributed by atoms with Gasteiger partial charge in [-0.3, -0.25) is 4.99 Å². The van der Waals surface area contributed by atoms with E-state index >= 15 is 0 Å². The third kappa shape index (κ3) is 1.31. The number of halogens is 1. The third-order valence-electron chi connectivity index (χ3n) is 2.47. The molecule has 0 saturated carbocycles. The number of anilines is 2. The Balaban J connectivity index is 2.17. The Bertz CT molecular complexity index is 509. The minimum absolute atomic E-state index is 0.596. The lowest BCUT2D eigenvalue weighted by molar-refractivity contribution is 0.987. The fourth-order valence-corrected chi connectivity index (χ4v) is 2.28. The zero-order chi connectivity index (χ0) is 11.1. The van der Waals surface area contributed by atoms with Crippen LogP contribution in [-0.4, -0.2) is 40.6 Å². The highest BCUT2D eigenvalue weighted by atomic mass is 79.9. The Labute approximate surface area is 101 Å². The van der Waals surface area contributed by atoms with Gasteiger partial charge in [-0.25, -0.2) is 9.98 Å². The molecule has 0 radical (unpaired) electrons. The number of amidine groups is 1. The number of aliphatic imine (C=N–C) groups is 2. The monoisotopic (exact) mass is 280 g/mol. The molecule has 7 heteroatoms. The van der Waals surface area contributed by atoms with E-state index in [4.69, 9.17) is 0 Å². The summed E-state index contributed by atoms with van der Waals surface area (Å²) in [6.07, 6.45) is 1.71. The van der Waals surface area contributed by atoms with Gasteiger partial charge in [0.05, 0.1) is 12.7 Å². The van der Waals surface area contributed by atoms with Crippen molar-refractivity contribution in [3.63, 3.8) is 0 Å². The largest absolute Gasteiger partial charge is 0.357 e. The molecule has 2 aliphatic heterocycles. The van der Waals surface area contributed by atoms with Gasteiger partial charge < -0.3 is 10.2 Å². The highest BCUT2D eigenvalue weighted by Crippen LogP contribution is 2.33. The van der Waals surface area contributed by atoms with Crippen molar-refractivity contribution in [2.24, 2.45) is 9.98 Å². The average molecular weight is 281 g/mol. The molecule has 0 bridgehead atoms. The van der Waals surface area contributed by atoms with Crippen LogP contribution in [0.2, 0.25) is 0 Å². The van der Waals surface area contributed by atoms with Crippen LogP contribution in [0.5, 0.6) is 0 Å². The van der Waals surface area contributed by atoms with Crippen LogP contribution in [0.25, 0.3) is 0 Å². The summed E-state index contributed by atoms with van der Waals surface area (Å²) in [6, 6.07) is 0. The van der Waals surface area contributed by atoms with Crippen molar-refractivity contribution in [2.75, 3.05) is 30.4 Å². The Morgan fingerprint density at radius 3 is 3.19 bits per heavy atom. The van der Waals surface area contributed by atoms with Gasteiger partial charge in [0.2, 0.25) is 5.95 Å². The second-order valence-electron chi connectivity index (χ2n) is 3.41. The number of fused-ring (bicyclic) bond motifs is 3. The Morgan fingerprint density at radius 2 is 2.38 bits per heavy atom. The fourth-order valence-electron chi connectivity index (χ4n) is 1.75. The van der Waals surface area contributed by atoms with Gasteiger partial charge in [0.25, 0.3) is 0 Å². The maximum atomic E-state index is 4.40. The summed E-state index contributed by atoms with van der Waals surface area (Å²) in [5.41, 5.74) is 0.770. The second-order valence-corrected chi connectivity index (χ2v) is 4.16. The van der Waals surface area contributed by atoms with Crippen molar-refractivity contribution in [3.05, 3.63) is 6.20 Å². The van der Waals surface area contributed by atoms with Gasteiger partial charge in [-0.15, -0.1) is 0 Å². The second kappa shape index (κ2) is 3.51. The molecule has 1 aromatic rings. The molecule has 82 valence electrons. The number of aromatic nitrogens is 2. The first-order chi connectivity index (χ1) is 7.79. The summed E-state index contributed by atoms with van der Waals surface area (Å²) >= 11 is 3.41. The first kappa shape index (κ1) is 9.71. The highest BCUT2D eigenvalue weighted by molar-refractivity contribution is 9.19. The zero-order valence-electron chi connectivity index (χ0n) is 8.61. The molecular formula is C9H9BrN6. The summed E-state index contributed by atoms with van der Waals surface area (Å²) in [6.45, 7) is 1.62. The minimum atomic E-state index is 0.596. The molecule has 0 unspecified atom stereocenters. The van der Waals surface area contributed by atoms with Gasteiger partial charge in [0.1, 0.15) is 10.3 Å². The maximum Gasteiger partial charge on any atom is 0.224 e. The fraction of sp³-hybridized carbons (Fsp3) is 0.333. The number of hydrogen-bond acceptors (Lipinski definition) is 6. The molecule has 2 aliphatic rings. The van der Waals surface area contributed by atoms with Gasteiger partial charge in [0, 0.05) is 13.6 Å². The highest BCUT2D eigenvalue weighted by Gasteiger charge is 2.29. The number of nitrogens with zero attached hydrogens (tertiary/aromatic N) is 5. The van der Waals surface area contributed by atoms with Crippen LogP contribution in [0.1, 0.15) is 0 Å². The van der Waals surface area contributed by atoms with E-state index < -0.39 is 0 Å². The lowest BCUT2D eigenvalue weighted by Gasteiger charge is -2.23. The average Bonchev–Trinajstić information content (AvgIpc) is 2.78. The molecule has 0 saturated heterocycles. The number of hydrogen-bond donors (Lipinski definition) is 1. The molecular weight excluding hydrogens is 272 g/mol. The van der Waals surface area contributed by atoms with Crippen molar-refractivity contribution in [2.45, 2.75) is 0 Å². The van der Waals surface area contributed by atoms with Gasteiger partial charge >= 0.3 is 0 Å². The van der Waals surface area contributed by atoms with Gasteiger partial charge in [0.15, 0.2) is 11.7 Å². The summed E-state index contributed by atoms with van der Waals surface area (Å²) in [7, 11) is 1.79. The molecule has 0 atom stereocenters. The maximum absolute atomic E-state index is 4.40. The van der Waals surface area contributed by atoms with E-state index in [0.717, 1.165) is 35.1 Å². The van der Waals surface area contributed by atoms with Gasteiger partial charge in [-0.1, -0.05) is 0 Å². The van der Waals surface area contributed by atoms with Crippen LogP contribution in [0.15, 0.2) is 16.2 Å². The summed E-state index contributed by atoms with van der Waals surface area (Å²) in [5, 5.41) is 2.92. The molecule has 0 aromatic carbocycles. The minimum Gasteiger partial charge on any atom is -0.357 e. The van der Waals surface area contributed by atoms with Crippen molar-refractivity contribution in [1.29, 1.82) is 0 Å². The quantitative estimate of drug-likeness (QED) is 0.839. The molecule has 0 amide bonds. The van der Waals surface area contributed by atoms with Gasteiger partial charge in [-0.2, -0.15) is 4.98 Å². The van der Waals surface area contributed by atoms with E-state index in [1.807, 2.05) is 0 Å². The topological polar surface area (TPSA) is 65.8 Å². The van der Waals surface area contributed by atoms with E-state index in [9.17, 15) is 0 Å². The van der Waals surface area contributed by atoms with E-state index in [-0.39, 0.29) is 0 Å². The molecule has 6 nitrogen and oxygen atoms in total. The molecule has 3 heterocycles. The first-order valence-electron chi connectivity index (χ1n) is 4.91. The number of rotatable bonds is 1. The standard InChI is InChI=1S/C9H9BrN6/c1-11-9-13-4-5-7(15-9)16-3-2-12-8(16)6(10)14-5/h4H,2-3H2,1H3,(H,11,13,15). The van der Waals surface area contributed by atoms with Crippen LogP contribution >= 0.6 is 15.9 Å². The van der Waals surface area contributed by atoms with Crippen LogP contribution < -0.4 is 10.2 Å². The Morgan fingerprint density at radius 1 is 1.50 bits per heavy atom. The normalized spacial score (nSPS) is 17.5. The lowest BCUT2D eigenvalue weighted by atomic mass is 10.3. The van der Waals surface area contributed by atoms with Gasteiger partial charge in [-0.05, 0) is 15.9 Å². The van der Waals surface area contributed by atoms with Crippen LogP contribution in [0.4, 0.5) is 17.5 Å². The smallest absolute Gasteiger partial charge is 0.224 e. The van der Waals surface area contributed by atoms with Crippen molar-refractivity contribution in [3.8, 4) is 0 Å². The summed E-state index contributed by atoms with van der Waals surface area (Å²) < 4.78 is 0.748. The predicted octanol–water partition coefficient (Wildman–Crippen LogP) is 1.18. The summed E-state index contributed by atoms with van der Waals surface area (Å²) in [5.74, 6) is 2.27.